The summed E-state index contributed by atoms with van der Waals surface area (Å²) in [7, 11) is 0. The zero-order valence-corrected chi connectivity index (χ0v) is 4.92. The van der Waals surface area contributed by atoms with Crippen LogP contribution in [0.2, 0.25) is 0 Å². The Morgan fingerprint density at radius 1 is 1.88 bits per heavy atom. The van der Waals surface area contributed by atoms with Crippen molar-refractivity contribution < 1.29 is 14.6 Å². The molecular formula is C5H9O3. The normalized spacial score (nSPS) is 12.9. The Hall–Kier alpha value is -0.570. The molecule has 1 atom stereocenters. The average molecular weight is 117 g/mol. The van der Waals surface area contributed by atoms with Gasteiger partial charge in [0.05, 0.1) is 6.42 Å². The zero-order chi connectivity index (χ0) is 6.57. The van der Waals surface area contributed by atoms with Crippen LogP contribution in [0.1, 0.15) is 13.8 Å². The lowest BCUT2D eigenvalue weighted by Gasteiger charge is -2.02. The molecule has 0 aromatic heterocycles. The van der Waals surface area contributed by atoms with Crippen molar-refractivity contribution >= 4 is 5.97 Å². The molecule has 1 N–H and O–H groups in total. The summed E-state index contributed by atoms with van der Waals surface area (Å²) < 4.78 is 4.26. The van der Waals surface area contributed by atoms with E-state index in [1.54, 1.807) is 6.92 Å². The number of aliphatic hydroxyl groups excluding tert-OH is 1. The van der Waals surface area contributed by atoms with Crippen molar-refractivity contribution in [3.8, 4) is 0 Å². The molecule has 0 bridgehead atoms. The molecule has 0 saturated heterocycles. The van der Waals surface area contributed by atoms with Crippen molar-refractivity contribution in [1.82, 2.24) is 0 Å². The second-order valence-corrected chi connectivity index (χ2v) is 1.32. The lowest BCUT2D eigenvalue weighted by atomic mass is 10.5. The molecule has 0 rings (SSSR count). The van der Waals surface area contributed by atoms with Crippen LogP contribution in [0.25, 0.3) is 0 Å². The van der Waals surface area contributed by atoms with Gasteiger partial charge in [0.1, 0.15) is 0 Å². The molecular weight excluding hydrogens is 108 g/mol. The molecule has 0 amide bonds. The Kier molecular flexibility index (Phi) is 3.19. The molecule has 8 heavy (non-hydrogen) atoms. The van der Waals surface area contributed by atoms with Crippen LogP contribution in [0.15, 0.2) is 0 Å². The minimum atomic E-state index is -1.00. The van der Waals surface area contributed by atoms with Crippen molar-refractivity contribution in [2.24, 2.45) is 0 Å². The molecule has 0 saturated carbocycles. The molecule has 0 fully saturated rings. The first-order valence-electron chi connectivity index (χ1n) is 2.35. The summed E-state index contributed by atoms with van der Waals surface area (Å²) in [5.74, 6) is -0.500. The number of rotatable bonds is 2. The molecule has 0 heterocycles. The van der Waals surface area contributed by atoms with Crippen LogP contribution < -0.4 is 0 Å². The van der Waals surface area contributed by atoms with Gasteiger partial charge in [-0.3, -0.25) is 4.79 Å². The third-order valence-corrected chi connectivity index (χ3v) is 0.522. The standard InChI is InChI=1S/C5H9O3/c1-3-5(7)8-4(2)6/h3-4,6H,1-2H3. The highest BCUT2D eigenvalue weighted by molar-refractivity contribution is 5.78. The van der Waals surface area contributed by atoms with Crippen LogP contribution in [0.3, 0.4) is 0 Å². The predicted octanol–water partition coefficient (Wildman–Crippen LogP) is 0.0921. The first-order chi connectivity index (χ1) is 3.66. The molecule has 0 aliphatic carbocycles. The van der Waals surface area contributed by atoms with Gasteiger partial charge in [-0.15, -0.1) is 0 Å². The Labute approximate surface area is 48.3 Å². The summed E-state index contributed by atoms with van der Waals surface area (Å²) in [6.45, 7) is 2.92. The summed E-state index contributed by atoms with van der Waals surface area (Å²) in [6, 6.07) is 0. The van der Waals surface area contributed by atoms with Crippen molar-refractivity contribution in [2.75, 3.05) is 0 Å². The molecule has 0 spiro atoms. The molecule has 0 aliphatic heterocycles. The van der Waals surface area contributed by atoms with Crippen molar-refractivity contribution in [1.29, 1.82) is 0 Å². The van der Waals surface area contributed by atoms with Crippen LogP contribution in [-0.4, -0.2) is 17.4 Å². The molecule has 0 aromatic carbocycles. The van der Waals surface area contributed by atoms with Gasteiger partial charge in [0.25, 0.3) is 0 Å². The number of ether oxygens (including phenoxy) is 1. The van der Waals surface area contributed by atoms with Gasteiger partial charge in [0.15, 0.2) is 6.29 Å². The summed E-state index contributed by atoms with van der Waals surface area (Å²) in [4.78, 5) is 10.2. The largest absolute Gasteiger partial charge is 0.436 e. The van der Waals surface area contributed by atoms with E-state index < -0.39 is 12.3 Å². The summed E-state index contributed by atoms with van der Waals surface area (Å²) >= 11 is 0. The Balaban J connectivity index is 3.25. The molecule has 1 unspecified atom stereocenters. The number of carbonyl (C=O) groups excluding carboxylic acids is 1. The third kappa shape index (κ3) is 3.61. The van der Waals surface area contributed by atoms with Crippen LogP contribution in [0.4, 0.5) is 0 Å². The fourth-order valence-electron chi connectivity index (χ4n) is 0.236. The van der Waals surface area contributed by atoms with Gasteiger partial charge in [-0.05, 0) is 6.92 Å². The fourth-order valence-corrected chi connectivity index (χ4v) is 0.236. The first kappa shape index (κ1) is 7.43. The van der Waals surface area contributed by atoms with Gasteiger partial charge >= 0.3 is 5.97 Å². The second-order valence-electron chi connectivity index (χ2n) is 1.32. The van der Waals surface area contributed by atoms with E-state index in [4.69, 9.17) is 5.11 Å². The molecule has 3 heteroatoms. The lowest BCUT2D eigenvalue weighted by Crippen LogP contribution is -2.12. The number of carbonyl (C=O) groups is 1. The maximum absolute atomic E-state index is 10.2. The van der Waals surface area contributed by atoms with E-state index in [9.17, 15) is 4.79 Å². The van der Waals surface area contributed by atoms with Gasteiger partial charge in [0, 0.05) is 0 Å². The first-order valence-corrected chi connectivity index (χ1v) is 2.35. The lowest BCUT2D eigenvalue weighted by molar-refractivity contribution is -0.160. The van der Waals surface area contributed by atoms with Gasteiger partial charge in [-0.1, -0.05) is 6.92 Å². The van der Waals surface area contributed by atoms with Gasteiger partial charge in [0.2, 0.25) is 0 Å². The van der Waals surface area contributed by atoms with Crippen molar-refractivity contribution in [3.63, 3.8) is 0 Å². The van der Waals surface area contributed by atoms with E-state index in [0.717, 1.165) is 0 Å². The summed E-state index contributed by atoms with van der Waals surface area (Å²) in [6.07, 6.45) is 0.242. The maximum atomic E-state index is 10.2. The quantitative estimate of drug-likeness (QED) is 0.412. The van der Waals surface area contributed by atoms with Gasteiger partial charge < -0.3 is 9.84 Å². The Bertz CT molecular complexity index is 77.7. The van der Waals surface area contributed by atoms with E-state index in [1.807, 2.05) is 0 Å². The number of esters is 1. The van der Waals surface area contributed by atoms with E-state index >= 15 is 0 Å². The average Bonchev–Trinajstić information content (AvgIpc) is 1.65. The highest BCUT2D eigenvalue weighted by Gasteiger charge is 2.00. The van der Waals surface area contributed by atoms with E-state index in [2.05, 4.69) is 4.74 Å². The van der Waals surface area contributed by atoms with Crippen molar-refractivity contribution in [2.45, 2.75) is 20.1 Å². The number of hydrogen-bond acceptors (Lipinski definition) is 3. The summed E-state index contributed by atoms with van der Waals surface area (Å²) in [5.41, 5.74) is 0. The molecule has 47 valence electrons. The van der Waals surface area contributed by atoms with Crippen LogP contribution in [0.5, 0.6) is 0 Å². The highest BCUT2D eigenvalue weighted by atomic mass is 16.6. The third-order valence-electron chi connectivity index (χ3n) is 0.522. The fraction of sp³-hybridized carbons (Fsp3) is 0.600. The monoisotopic (exact) mass is 117 g/mol. The maximum Gasteiger partial charge on any atom is 0.311 e. The Morgan fingerprint density at radius 2 is 2.38 bits per heavy atom. The topological polar surface area (TPSA) is 46.5 Å². The van der Waals surface area contributed by atoms with Crippen LogP contribution >= 0.6 is 0 Å². The SMILES string of the molecule is C[CH]C(=O)OC(C)O. The molecule has 0 aromatic rings. The second kappa shape index (κ2) is 3.43. The van der Waals surface area contributed by atoms with E-state index in [0.29, 0.717) is 0 Å². The molecule has 0 aliphatic rings. The van der Waals surface area contributed by atoms with Gasteiger partial charge in [-0.2, -0.15) is 0 Å². The van der Waals surface area contributed by atoms with Crippen molar-refractivity contribution in [3.05, 3.63) is 6.42 Å². The van der Waals surface area contributed by atoms with E-state index in [1.165, 1.54) is 13.3 Å². The van der Waals surface area contributed by atoms with Gasteiger partial charge in [-0.25, -0.2) is 0 Å². The minimum absolute atomic E-state index is 0.500. The Morgan fingerprint density at radius 3 is 2.50 bits per heavy atom. The number of hydrogen-bond donors (Lipinski definition) is 1. The highest BCUT2D eigenvalue weighted by Crippen LogP contribution is 1.86. The minimum Gasteiger partial charge on any atom is -0.436 e. The molecule has 3 nitrogen and oxygen atoms in total. The smallest absolute Gasteiger partial charge is 0.311 e. The predicted molar refractivity (Wildman–Crippen MR) is 27.7 cm³/mol. The summed E-state index contributed by atoms with van der Waals surface area (Å²) in [5, 5.41) is 8.39. The zero-order valence-electron chi connectivity index (χ0n) is 4.92. The van der Waals surface area contributed by atoms with E-state index in [-0.39, 0.29) is 0 Å². The number of aliphatic hydroxyl groups is 1. The van der Waals surface area contributed by atoms with Crippen LogP contribution in [-0.2, 0) is 9.53 Å². The van der Waals surface area contributed by atoms with Crippen LogP contribution in [0, 0.1) is 6.42 Å². The molecule has 1 radical (unpaired) electrons.